The second kappa shape index (κ2) is 7.75. The number of aromatic nitrogens is 2. The molecule has 0 unspecified atom stereocenters. The normalized spacial score (nSPS) is 13.3. The molecule has 1 N–H and O–H groups in total. The van der Waals surface area contributed by atoms with Crippen LogP contribution in [0.1, 0.15) is 39.8 Å². The maximum atomic E-state index is 12.6. The van der Waals surface area contributed by atoms with Crippen molar-refractivity contribution in [3.8, 4) is 5.69 Å². The van der Waals surface area contributed by atoms with Gasteiger partial charge in [-0.2, -0.15) is 5.10 Å². The van der Waals surface area contributed by atoms with Gasteiger partial charge >= 0.3 is 5.97 Å². The predicted molar refractivity (Wildman–Crippen MR) is 102 cm³/mol. The van der Waals surface area contributed by atoms with E-state index in [-0.39, 0.29) is 12.5 Å². The minimum Gasteiger partial charge on any atom is -0.451 e. The van der Waals surface area contributed by atoms with E-state index in [4.69, 9.17) is 4.74 Å². The summed E-state index contributed by atoms with van der Waals surface area (Å²) in [6, 6.07) is 15.1. The molecule has 6 nitrogen and oxygen atoms in total. The minimum atomic E-state index is -0.551. The number of benzene rings is 1. The maximum absolute atomic E-state index is 12.6. The molecule has 1 aromatic carbocycles. The van der Waals surface area contributed by atoms with Gasteiger partial charge in [0.1, 0.15) is 0 Å². The highest BCUT2D eigenvalue weighted by atomic mass is 32.1. The Labute approximate surface area is 160 Å². The van der Waals surface area contributed by atoms with Crippen molar-refractivity contribution in [3.05, 3.63) is 70.2 Å². The molecule has 7 heteroatoms. The topological polar surface area (TPSA) is 73.2 Å². The molecule has 2 heterocycles. The van der Waals surface area contributed by atoms with E-state index in [1.54, 1.807) is 22.1 Å². The fraction of sp³-hybridized carbons (Fsp3) is 0.250. The number of carbonyl (C=O) groups is 2. The molecule has 1 saturated carbocycles. The standard InChI is InChI=1S/C20H19N3O3S/c24-19(21-12-16-7-4-10-27-16)13-26-20(25)18-11-17(14-8-9-14)22-23(18)15-5-2-1-3-6-15/h1-7,10-11,14H,8-9,12-13H2,(H,21,24). The van der Waals surface area contributed by atoms with Gasteiger partial charge in [-0.15, -0.1) is 11.3 Å². The third-order valence-electron chi connectivity index (χ3n) is 4.31. The number of esters is 1. The zero-order chi connectivity index (χ0) is 18.6. The van der Waals surface area contributed by atoms with Gasteiger partial charge in [-0.1, -0.05) is 24.3 Å². The molecule has 1 fully saturated rings. The lowest BCUT2D eigenvalue weighted by atomic mass is 10.2. The minimum absolute atomic E-state index is 0.317. The summed E-state index contributed by atoms with van der Waals surface area (Å²) in [5.41, 5.74) is 2.03. The van der Waals surface area contributed by atoms with Crippen molar-refractivity contribution < 1.29 is 14.3 Å². The number of ether oxygens (including phenoxy) is 1. The zero-order valence-corrected chi connectivity index (χ0v) is 15.4. The second-order valence-corrected chi connectivity index (χ2v) is 7.44. The van der Waals surface area contributed by atoms with E-state index in [1.165, 1.54) is 0 Å². The summed E-state index contributed by atoms with van der Waals surface area (Å²) in [7, 11) is 0. The van der Waals surface area contributed by atoms with Gasteiger partial charge in [0.05, 0.1) is 17.9 Å². The molecule has 1 aliphatic carbocycles. The van der Waals surface area contributed by atoms with Crippen LogP contribution in [-0.2, 0) is 16.1 Å². The Morgan fingerprint density at radius 2 is 2.00 bits per heavy atom. The molecule has 3 aromatic rings. The molecule has 138 valence electrons. The highest BCUT2D eigenvalue weighted by Crippen LogP contribution is 2.39. The highest BCUT2D eigenvalue weighted by Gasteiger charge is 2.29. The van der Waals surface area contributed by atoms with E-state index in [1.807, 2.05) is 47.8 Å². The Morgan fingerprint density at radius 3 is 2.70 bits per heavy atom. The largest absolute Gasteiger partial charge is 0.451 e. The Hall–Kier alpha value is -2.93. The number of carbonyl (C=O) groups excluding carboxylic acids is 2. The fourth-order valence-electron chi connectivity index (χ4n) is 2.74. The number of hydrogen-bond donors (Lipinski definition) is 1. The lowest BCUT2D eigenvalue weighted by molar-refractivity contribution is -0.124. The number of rotatable bonds is 7. The molecule has 0 radical (unpaired) electrons. The van der Waals surface area contributed by atoms with Gasteiger partial charge in [-0.25, -0.2) is 9.48 Å². The van der Waals surface area contributed by atoms with E-state index in [0.717, 1.165) is 29.1 Å². The number of hydrogen-bond acceptors (Lipinski definition) is 5. The average molecular weight is 381 g/mol. The van der Waals surface area contributed by atoms with Gasteiger partial charge in [0.15, 0.2) is 12.3 Å². The highest BCUT2D eigenvalue weighted by molar-refractivity contribution is 7.09. The third-order valence-corrected chi connectivity index (χ3v) is 5.18. The Bertz CT molecular complexity index is 931. The van der Waals surface area contributed by atoms with Gasteiger partial charge in [0.2, 0.25) is 0 Å². The van der Waals surface area contributed by atoms with Crippen LogP contribution in [0.5, 0.6) is 0 Å². The van der Waals surface area contributed by atoms with E-state index in [9.17, 15) is 9.59 Å². The third kappa shape index (κ3) is 4.25. The van der Waals surface area contributed by atoms with Crippen LogP contribution >= 0.6 is 11.3 Å². The van der Waals surface area contributed by atoms with Gasteiger partial charge in [0.25, 0.3) is 5.91 Å². The molecule has 0 bridgehead atoms. The predicted octanol–water partition coefficient (Wildman–Crippen LogP) is 3.28. The molecule has 0 spiro atoms. The molecule has 27 heavy (non-hydrogen) atoms. The number of nitrogens with zero attached hydrogens (tertiary/aromatic N) is 2. The number of thiophene rings is 1. The van der Waals surface area contributed by atoms with Crippen molar-refractivity contribution in [2.24, 2.45) is 0 Å². The first kappa shape index (κ1) is 17.5. The number of nitrogens with one attached hydrogen (secondary N) is 1. The summed E-state index contributed by atoms with van der Waals surface area (Å²) >= 11 is 1.56. The molecule has 2 aromatic heterocycles. The van der Waals surface area contributed by atoms with Crippen LogP contribution in [0.4, 0.5) is 0 Å². The monoisotopic (exact) mass is 381 g/mol. The number of amides is 1. The van der Waals surface area contributed by atoms with Crippen LogP contribution in [0.3, 0.4) is 0 Å². The summed E-state index contributed by atoms with van der Waals surface area (Å²) < 4.78 is 6.82. The van der Waals surface area contributed by atoms with E-state index >= 15 is 0 Å². The maximum Gasteiger partial charge on any atom is 0.357 e. The lowest BCUT2D eigenvalue weighted by Gasteiger charge is -2.08. The van der Waals surface area contributed by atoms with Crippen molar-refractivity contribution in [2.45, 2.75) is 25.3 Å². The van der Waals surface area contributed by atoms with Crippen molar-refractivity contribution in [3.63, 3.8) is 0 Å². The average Bonchev–Trinajstić information content (AvgIpc) is 3.23. The molecule has 4 rings (SSSR count). The smallest absolute Gasteiger partial charge is 0.357 e. The van der Waals surface area contributed by atoms with Gasteiger partial charge < -0.3 is 10.1 Å². The van der Waals surface area contributed by atoms with Gasteiger partial charge in [-0.05, 0) is 42.5 Å². The molecule has 0 atom stereocenters. The summed E-state index contributed by atoms with van der Waals surface area (Å²) in [4.78, 5) is 25.6. The van der Waals surface area contributed by atoms with Crippen LogP contribution in [0.25, 0.3) is 5.69 Å². The Kier molecular flexibility index (Phi) is 5.02. The fourth-order valence-corrected chi connectivity index (χ4v) is 3.39. The van der Waals surface area contributed by atoms with Gasteiger partial charge in [0, 0.05) is 10.8 Å². The first-order chi connectivity index (χ1) is 13.2. The van der Waals surface area contributed by atoms with Crippen LogP contribution in [0.2, 0.25) is 0 Å². The van der Waals surface area contributed by atoms with Gasteiger partial charge in [-0.3, -0.25) is 4.79 Å². The van der Waals surface area contributed by atoms with Crippen molar-refractivity contribution in [1.82, 2.24) is 15.1 Å². The molecule has 1 amide bonds. The number of para-hydroxylation sites is 1. The quantitative estimate of drug-likeness (QED) is 0.638. The SMILES string of the molecule is O=C(COC(=O)c1cc(C2CC2)nn1-c1ccccc1)NCc1cccs1. The summed E-state index contributed by atoms with van der Waals surface area (Å²) in [5, 5.41) is 9.27. The first-order valence-corrected chi connectivity index (χ1v) is 9.70. The van der Waals surface area contributed by atoms with Crippen LogP contribution < -0.4 is 5.32 Å². The lowest BCUT2D eigenvalue weighted by Crippen LogP contribution is -2.28. The van der Waals surface area contributed by atoms with E-state index in [0.29, 0.717) is 18.2 Å². The van der Waals surface area contributed by atoms with Crippen LogP contribution in [0.15, 0.2) is 53.9 Å². The zero-order valence-electron chi connectivity index (χ0n) is 14.6. The Morgan fingerprint density at radius 1 is 1.19 bits per heavy atom. The summed E-state index contributed by atoms with van der Waals surface area (Å²) in [6.07, 6.45) is 2.18. The summed E-state index contributed by atoms with van der Waals surface area (Å²) in [5.74, 6) is -0.468. The summed E-state index contributed by atoms with van der Waals surface area (Å²) in [6.45, 7) is 0.116. The molecule has 0 saturated heterocycles. The molecular formula is C20H19N3O3S. The van der Waals surface area contributed by atoms with E-state index < -0.39 is 5.97 Å². The van der Waals surface area contributed by atoms with Crippen molar-refractivity contribution in [1.29, 1.82) is 0 Å². The molecule has 1 aliphatic rings. The molecule has 0 aliphatic heterocycles. The van der Waals surface area contributed by atoms with Crippen molar-refractivity contribution >= 4 is 23.2 Å². The first-order valence-electron chi connectivity index (χ1n) is 8.82. The van der Waals surface area contributed by atoms with Crippen LogP contribution in [0, 0.1) is 0 Å². The van der Waals surface area contributed by atoms with Crippen molar-refractivity contribution in [2.75, 3.05) is 6.61 Å². The molecular weight excluding hydrogens is 362 g/mol. The Balaban J connectivity index is 1.42. The van der Waals surface area contributed by atoms with E-state index in [2.05, 4.69) is 10.4 Å². The second-order valence-electron chi connectivity index (χ2n) is 6.41. The van der Waals surface area contributed by atoms with Crippen LogP contribution in [-0.4, -0.2) is 28.3 Å².